The first-order valence-electron chi connectivity index (χ1n) is 40.9. The molecule has 14 heterocycles. The number of ether oxygens (including phenoxy) is 2. The van der Waals surface area contributed by atoms with E-state index in [0.717, 1.165) is 93.4 Å². The largest absolute Gasteiger partial charge is 0.507 e. The number of hydrogen-bond acceptors (Lipinski definition) is 24. The summed E-state index contributed by atoms with van der Waals surface area (Å²) in [5, 5.41) is 54.4. The van der Waals surface area contributed by atoms with E-state index in [1.807, 2.05) is 117 Å². The number of rotatable bonds is 18. The number of aliphatic hydroxyl groups is 1. The molecule has 12 aromatic heterocycles. The average Bonchev–Trinajstić information content (AvgIpc) is 0.784. The van der Waals surface area contributed by atoms with Crippen molar-refractivity contribution in [3.8, 4) is 62.1 Å². The Morgan fingerprint density at radius 3 is 1.46 bits per heavy atom. The van der Waals surface area contributed by atoms with Crippen LogP contribution >= 0.6 is 0 Å². The van der Waals surface area contributed by atoms with Crippen LogP contribution in [0.25, 0.3) is 67.2 Å². The number of amides is 1. The van der Waals surface area contributed by atoms with Gasteiger partial charge in [-0.25, -0.2) is 38.5 Å². The molecule has 0 aliphatic carbocycles. The number of allylic oxidation sites excluding steroid dienone is 2. The molecule has 2 aliphatic heterocycles. The smallest absolute Gasteiger partial charge is 0.345 e. The Morgan fingerprint density at radius 1 is 0.504 bits per heavy atom. The Labute approximate surface area is 727 Å². The van der Waals surface area contributed by atoms with Crippen LogP contribution in [0.15, 0.2) is 238 Å². The van der Waals surface area contributed by atoms with Crippen molar-refractivity contribution in [3.05, 3.63) is 327 Å². The van der Waals surface area contributed by atoms with Crippen LogP contribution in [0, 0.1) is 31.4 Å². The average molecular weight is 1730 g/mol. The number of nitrogens with one attached hydrogen (secondary N) is 1. The van der Waals surface area contributed by atoms with E-state index in [1.54, 1.807) is 122 Å². The van der Waals surface area contributed by atoms with E-state index in [4.69, 9.17) is 9.47 Å². The van der Waals surface area contributed by atoms with Gasteiger partial charge in [-0.05, 0) is 187 Å². The highest BCUT2D eigenvalue weighted by Crippen LogP contribution is 2.37. The minimum atomic E-state index is -0.747. The summed E-state index contributed by atoms with van der Waals surface area (Å²) in [6, 6.07) is 26.6. The molecular formula is C95H97F2N15O15. The Balaban J connectivity index is 0.000000148. The van der Waals surface area contributed by atoms with Gasteiger partial charge in [-0.1, -0.05) is 78.1 Å². The van der Waals surface area contributed by atoms with E-state index in [0.29, 0.717) is 64.2 Å². The highest BCUT2D eigenvalue weighted by Gasteiger charge is 2.36. The lowest BCUT2D eigenvalue weighted by Gasteiger charge is -2.37. The van der Waals surface area contributed by atoms with E-state index in [-0.39, 0.29) is 121 Å². The zero-order valence-corrected chi connectivity index (χ0v) is 72.3. The molecule has 1 unspecified atom stereocenters. The molecule has 127 heavy (non-hydrogen) atoms. The van der Waals surface area contributed by atoms with Crippen LogP contribution in [0.4, 0.5) is 8.78 Å². The highest BCUT2D eigenvalue weighted by atomic mass is 19.1. The third-order valence-corrected chi connectivity index (χ3v) is 20.3. The Bertz CT molecular complexity index is 6890. The van der Waals surface area contributed by atoms with Crippen LogP contribution in [-0.2, 0) is 35.3 Å². The second-order valence-corrected chi connectivity index (χ2v) is 30.5. The summed E-state index contributed by atoms with van der Waals surface area (Å²) < 4.78 is 44.0. The molecule has 656 valence electrons. The second-order valence-electron chi connectivity index (χ2n) is 30.5. The minimum absolute atomic E-state index is 0.00356. The quantitative estimate of drug-likeness (QED) is 0.0343. The molecule has 14 aromatic rings. The van der Waals surface area contributed by atoms with Crippen LogP contribution in [0.1, 0.15) is 141 Å². The van der Waals surface area contributed by atoms with E-state index < -0.39 is 34.9 Å². The predicted molar refractivity (Wildman–Crippen MR) is 478 cm³/mol. The maximum atomic E-state index is 13.4. The summed E-state index contributed by atoms with van der Waals surface area (Å²) in [4.78, 5) is 129. The van der Waals surface area contributed by atoms with Crippen LogP contribution in [0.5, 0.6) is 28.7 Å². The van der Waals surface area contributed by atoms with Crippen LogP contribution < -0.4 is 37.8 Å². The topological polar surface area (TPSA) is 387 Å². The Kier molecular flexibility index (Phi) is 30.1. The molecule has 6 N–H and O–H groups in total. The number of aromatic nitrogens is 12. The van der Waals surface area contributed by atoms with Gasteiger partial charge in [0.2, 0.25) is 0 Å². The number of fused-ring (bicyclic) bond motifs is 6. The first-order chi connectivity index (χ1) is 60.8. The zero-order chi connectivity index (χ0) is 91.8. The fourth-order valence-electron chi connectivity index (χ4n) is 13.9. The lowest BCUT2D eigenvalue weighted by molar-refractivity contribution is -0.128. The van der Waals surface area contributed by atoms with Crippen molar-refractivity contribution in [2.45, 2.75) is 134 Å². The van der Waals surface area contributed by atoms with Gasteiger partial charge in [-0.2, -0.15) is 0 Å². The molecule has 0 radical (unpaired) electrons. The Morgan fingerprint density at radius 2 is 0.953 bits per heavy atom. The standard InChI is InChI=1S/C19H21N3O2.C18H20N2O2.C17H14F2N2O2.C16H15N3O2.C13H15N3O3.C12H12N2O4/c1-4-5-15-12-21-18-17(24-13(2)3)16(8-11-22(18)19(15)23)14-6-9-20-10-7-14;1-11(2)15-10-19-17-16(21)14(8-9-20(17)18(15)22)13-7-5-4-6-12(13)3;1-2-3-10-9-20-16-15(22)14(4-5-21(16)17(10)23)11-6-12(18)8-13(19)7-11;1-2-3-12-10-18-15-14(20)13(6-9-19(15)16(12)21)11-4-7-17-8-5-11;1-8(17)10-6-14-12-11(18)9(7-15(2)3)4-5-16(12)13(10)19;1-3-18-12(17)8-6-13-10-9(15)7(2)4-5-14(10)11(8)16/h6-13H,4-5H2,1-3H3;4-11,17,19,21H,1-3H3;4-9,22H,2-3H2,1H3;4-10,20H,2-3H2,1H3;4-6,18H,7H2,1-3H3;4-6,15H,3H2,1-2H3. The van der Waals surface area contributed by atoms with Crippen molar-refractivity contribution in [3.63, 3.8) is 0 Å². The summed E-state index contributed by atoms with van der Waals surface area (Å²) >= 11 is 0. The van der Waals surface area contributed by atoms with Gasteiger partial charge in [-0.3, -0.25) is 70.4 Å². The summed E-state index contributed by atoms with van der Waals surface area (Å²) in [6.07, 6.45) is 30.9. The maximum absolute atomic E-state index is 13.4. The maximum Gasteiger partial charge on any atom is 0.345 e. The zero-order valence-electron chi connectivity index (χ0n) is 72.3. The van der Waals surface area contributed by atoms with E-state index >= 15 is 0 Å². The third-order valence-electron chi connectivity index (χ3n) is 20.3. The third kappa shape index (κ3) is 20.7. The SMILES string of the molecule is CC(=O)c1cnc2c(O)c(CN(C)C)ccn2c1=O.CCCc1cnc2c(O)c(-c3cc(F)cc(F)c3)ccn2c1=O.CCCc1cnc2c(O)c(-c3ccncc3)ccn2c1=O.CCCc1cnc2c(OC(C)C)c(-c3ccncc3)ccn2c1=O.CCOC(=O)c1cnc2c(O)c(C)ccn2c1=O.Cc1ccccc1C1=C(O)C2NC=C(C(C)C)C(=O)N2C=C1. The van der Waals surface area contributed by atoms with Crippen molar-refractivity contribution in [2.75, 3.05) is 20.7 Å². The van der Waals surface area contributed by atoms with Gasteiger partial charge < -0.3 is 45.2 Å². The number of aliphatic hydroxyl groups excluding tert-OH is 1. The van der Waals surface area contributed by atoms with E-state index in [9.17, 15) is 72.7 Å². The number of ketones is 1. The van der Waals surface area contributed by atoms with Crippen LogP contribution in [-0.4, -0.2) is 143 Å². The number of carbonyl (C=O) groups excluding carboxylic acids is 3. The van der Waals surface area contributed by atoms with Crippen LogP contribution in [0.2, 0.25) is 0 Å². The number of nitrogens with zero attached hydrogens (tertiary/aromatic N) is 14. The number of carbonyl (C=O) groups is 3. The monoisotopic (exact) mass is 1730 g/mol. The first-order valence-corrected chi connectivity index (χ1v) is 40.9. The van der Waals surface area contributed by atoms with Gasteiger partial charge in [0.05, 0.1) is 12.7 Å². The molecule has 0 saturated carbocycles. The number of aromatic hydroxyl groups is 4. The van der Waals surface area contributed by atoms with Gasteiger partial charge in [0.15, 0.2) is 68.9 Å². The van der Waals surface area contributed by atoms with Crippen molar-refractivity contribution < 1.29 is 58.2 Å². The van der Waals surface area contributed by atoms with Gasteiger partial charge in [0, 0.05) is 162 Å². The molecule has 2 aliphatic rings. The van der Waals surface area contributed by atoms with E-state index in [1.165, 1.54) is 57.2 Å². The molecule has 0 saturated heterocycles. The van der Waals surface area contributed by atoms with Crippen LogP contribution in [0.3, 0.4) is 0 Å². The number of esters is 1. The lowest BCUT2D eigenvalue weighted by Crippen LogP contribution is -2.51. The van der Waals surface area contributed by atoms with Crippen molar-refractivity contribution in [1.82, 2.24) is 72.0 Å². The molecule has 2 aromatic carbocycles. The molecule has 30 nitrogen and oxygen atoms in total. The molecule has 32 heteroatoms. The minimum Gasteiger partial charge on any atom is -0.507 e. The number of aryl methyl sites for hydroxylation is 5. The predicted octanol–water partition coefficient (Wildman–Crippen LogP) is 13.8. The molecule has 1 atom stereocenters. The summed E-state index contributed by atoms with van der Waals surface area (Å²) in [6.45, 7) is 21.3. The van der Waals surface area contributed by atoms with Gasteiger partial charge in [-0.15, -0.1) is 0 Å². The summed E-state index contributed by atoms with van der Waals surface area (Å²) in [5.74, 6) is -2.10. The van der Waals surface area contributed by atoms with Gasteiger partial charge in [0.25, 0.3) is 33.7 Å². The fourth-order valence-corrected chi connectivity index (χ4v) is 13.9. The molecular weight excluding hydrogens is 1630 g/mol. The van der Waals surface area contributed by atoms with E-state index in [2.05, 4.69) is 40.2 Å². The number of halogens is 2. The van der Waals surface area contributed by atoms with Crippen molar-refractivity contribution in [2.24, 2.45) is 5.92 Å². The highest BCUT2D eigenvalue weighted by molar-refractivity contribution is 5.97. The molecule has 16 rings (SSSR count). The number of pyridine rings is 7. The van der Waals surface area contributed by atoms with Gasteiger partial charge in [0.1, 0.15) is 28.5 Å². The Hall–Kier alpha value is -15.2. The summed E-state index contributed by atoms with van der Waals surface area (Å²) in [5.41, 5.74) is 10.0. The molecule has 0 bridgehead atoms. The second kappa shape index (κ2) is 41.3. The first kappa shape index (κ1) is 92.5. The molecule has 0 spiro atoms. The normalized spacial score (nSPS) is 12.7. The number of hydrogen-bond donors (Lipinski definition) is 6. The van der Waals surface area contributed by atoms with Crippen molar-refractivity contribution >= 4 is 51.5 Å². The fraction of sp³-hybridized carbons (Fsp3) is 0.253. The molecule has 0 fully saturated rings. The lowest BCUT2D eigenvalue weighted by atomic mass is 9.94. The van der Waals surface area contributed by atoms with Gasteiger partial charge >= 0.3 is 5.97 Å². The molecule has 1 amide bonds. The number of Topliss-reactive ketones (excluding diaryl/α,β-unsaturated/α-hetero) is 1. The number of benzene rings is 2. The van der Waals surface area contributed by atoms with Crippen molar-refractivity contribution in [1.29, 1.82) is 0 Å². The summed E-state index contributed by atoms with van der Waals surface area (Å²) in [7, 11) is 3.75.